The van der Waals surface area contributed by atoms with Gasteiger partial charge in [-0.3, -0.25) is 9.69 Å². The van der Waals surface area contributed by atoms with Gasteiger partial charge in [0.1, 0.15) is 12.0 Å². The van der Waals surface area contributed by atoms with Crippen LogP contribution in [0.1, 0.15) is 0 Å². The van der Waals surface area contributed by atoms with Crippen molar-refractivity contribution in [3.8, 4) is 0 Å². The number of fused-ring (bicyclic) bond motifs is 1. The highest BCUT2D eigenvalue weighted by molar-refractivity contribution is 6.00. The highest BCUT2D eigenvalue weighted by Crippen LogP contribution is 2.29. The molecule has 0 saturated heterocycles. The van der Waals surface area contributed by atoms with E-state index in [4.69, 9.17) is 0 Å². The Morgan fingerprint density at radius 3 is 2.67 bits per heavy atom. The van der Waals surface area contributed by atoms with Crippen molar-refractivity contribution in [2.24, 2.45) is 0 Å². The number of hydrogen-bond donors (Lipinski definition) is 1. The SMILES string of the molecule is Cl.Cl.O=C(N1CCNc2ncncc21)C(F)(F)F. The van der Waals surface area contributed by atoms with Gasteiger partial charge in [-0.25, -0.2) is 9.97 Å². The zero-order chi connectivity index (χ0) is 11.8. The molecule has 0 saturated carbocycles. The first kappa shape index (κ1) is 16.7. The number of anilines is 2. The van der Waals surface area contributed by atoms with Gasteiger partial charge >= 0.3 is 12.1 Å². The molecule has 0 aliphatic carbocycles. The molecule has 2 heterocycles. The highest BCUT2D eigenvalue weighted by atomic mass is 35.5. The van der Waals surface area contributed by atoms with E-state index in [1.165, 1.54) is 12.5 Å². The molecule has 2 rings (SSSR count). The van der Waals surface area contributed by atoms with E-state index in [9.17, 15) is 18.0 Å². The van der Waals surface area contributed by atoms with E-state index < -0.39 is 12.1 Å². The Labute approximate surface area is 113 Å². The quantitative estimate of drug-likeness (QED) is 0.792. The van der Waals surface area contributed by atoms with Crippen molar-refractivity contribution in [3.63, 3.8) is 0 Å². The Hall–Kier alpha value is -1.28. The molecule has 0 atom stereocenters. The third-order valence-corrected chi connectivity index (χ3v) is 2.10. The lowest BCUT2D eigenvalue weighted by atomic mass is 10.3. The molecule has 1 amide bonds. The molecular weight excluding hydrogens is 296 g/mol. The van der Waals surface area contributed by atoms with E-state index in [1.54, 1.807) is 0 Å². The first-order valence-electron chi connectivity index (χ1n) is 4.42. The van der Waals surface area contributed by atoms with Crippen LogP contribution in [-0.4, -0.2) is 35.1 Å². The maximum Gasteiger partial charge on any atom is 0.471 e. The standard InChI is InChI=1S/C8H7F3N4O.2ClH/c9-8(10,11)7(16)15-2-1-13-6-5(15)3-12-4-14-6;;/h3-4H,1-2H2,(H,12,13,14);2*1H. The first-order chi connectivity index (χ1) is 7.50. The van der Waals surface area contributed by atoms with Crippen molar-refractivity contribution < 1.29 is 18.0 Å². The zero-order valence-electron chi connectivity index (χ0n) is 8.77. The number of hydrogen-bond acceptors (Lipinski definition) is 4. The summed E-state index contributed by atoms with van der Waals surface area (Å²) in [6.45, 7) is 0.171. The van der Waals surface area contributed by atoms with Gasteiger partial charge in [0.05, 0.1) is 6.20 Å². The Kier molecular flexibility index (Phi) is 5.62. The fraction of sp³-hybridized carbons (Fsp3) is 0.375. The molecule has 0 bridgehead atoms. The van der Waals surface area contributed by atoms with Gasteiger partial charge in [-0.1, -0.05) is 0 Å². The van der Waals surface area contributed by atoms with E-state index in [1.807, 2.05) is 0 Å². The lowest BCUT2D eigenvalue weighted by Gasteiger charge is -2.29. The van der Waals surface area contributed by atoms with Crippen LogP contribution < -0.4 is 10.2 Å². The van der Waals surface area contributed by atoms with E-state index >= 15 is 0 Å². The smallest absolute Gasteiger partial charge is 0.366 e. The van der Waals surface area contributed by atoms with E-state index in [0.29, 0.717) is 4.90 Å². The summed E-state index contributed by atoms with van der Waals surface area (Å²) in [6, 6.07) is 0. The molecule has 0 radical (unpaired) electrons. The van der Waals surface area contributed by atoms with Gasteiger partial charge in [-0.15, -0.1) is 24.8 Å². The predicted octanol–water partition coefficient (Wildman–Crippen LogP) is 1.64. The molecule has 1 aliphatic heterocycles. The normalized spacial score (nSPS) is 13.6. The van der Waals surface area contributed by atoms with E-state index in [0.717, 1.165) is 0 Å². The fourth-order valence-corrected chi connectivity index (χ4v) is 1.43. The number of halogens is 5. The van der Waals surface area contributed by atoms with Gasteiger partial charge < -0.3 is 5.32 Å². The third-order valence-electron chi connectivity index (χ3n) is 2.10. The molecule has 0 fully saturated rings. The maximum atomic E-state index is 12.3. The first-order valence-corrected chi connectivity index (χ1v) is 4.42. The van der Waals surface area contributed by atoms with Crippen LogP contribution in [0.2, 0.25) is 0 Å². The van der Waals surface area contributed by atoms with Crippen LogP contribution in [0.4, 0.5) is 24.7 Å². The maximum absolute atomic E-state index is 12.3. The summed E-state index contributed by atoms with van der Waals surface area (Å²) in [5.41, 5.74) is 0.0519. The fourth-order valence-electron chi connectivity index (χ4n) is 1.43. The van der Waals surface area contributed by atoms with Crippen LogP contribution >= 0.6 is 24.8 Å². The van der Waals surface area contributed by atoms with E-state index in [2.05, 4.69) is 15.3 Å². The molecule has 10 heteroatoms. The van der Waals surface area contributed by atoms with Gasteiger partial charge in [-0.2, -0.15) is 13.2 Å². The molecule has 0 spiro atoms. The molecule has 1 N–H and O–H groups in total. The van der Waals surface area contributed by atoms with Gasteiger partial charge in [0.2, 0.25) is 0 Å². The monoisotopic (exact) mass is 304 g/mol. The number of aromatic nitrogens is 2. The van der Waals surface area contributed by atoms with Crippen LogP contribution in [0.15, 0.2) is 12.5 Å². The van der Waals surface area contributed by atoms with Crippen molar-refractivity contribution in [3.05, 3.63) is 12.5 Å². The van der Waals surface area contributed by atoms with Crippen molar-refractivity contribution in [1.29, 1.82) is 0 Å². The number of rotatable bonds is 0. The molecule has 0 aromatic carbocycles. The largest absolute Gasteiger partial charge is 0.471 e. The van der Waals surface area contributed by atoms with Crippen LogP contribution in [0.3, 0.4) is 0 Å². The van der Waals surface area contributed by atoms with Crippen molar-refractivity contribution in [2.75, 3.05) is 23.3 Å². The minimum absolute atomic E-state index is 0. The van der Waals surface area contributed by atoms with Crippen molar-refractivity contribution in [1.82, 2.24) is 9.97 Å². The summed E-state index contributed by atoms with van der Waals surface area (Å²) in [4.78, 5) is 19.1. The second-order valence-electron chi connectivity index (χ2n) is 3.14. The minimum atomic E-state index is -4.88. The number of nitrogens with zero attached hydrogens (tertiary/aromatic N) is 3. The van der Waals surface area contributed by atoms with Crippen molar-refractivity contribution >= 4 is 42.2 Å². The molecule has 102 valence electrons. The molecule has 1 aromatic heterocycles. The highest BCUT2D eigenvalue weighted by Gasteiger charge is 2.44. The second-order valence-corrected chi connectivity index (χ2v) is 3.14. The molecule has 5 nitrogen and oxygen atoms in total. The lowest BCUT2D eigenvalue weighted by molar-refractivity contribution is -0.170. The second kappa shape index (κ2) is 6.05. The molecule has 18 heavy (non-hydrogen) atoms. The van der Waals surface area contributed by atoms with Crippen LogP contribution in [0.5, 0.6) is 0 Å². The van der Waals surface area contributed by atoms with Crippen LogP contribution in [0, 0.1) is 0 Å². The van der Waals surface area contributed by atoms with Crippen LogP contribution in [-0.2, 0) is 4.79 Å². The summed E-state index contributed by atoms with van der Waals surface area (Å²) < 4.78 is 36.8. The number of alkyl halides is 3. The van der Waals surface area contributed by atoms with Crippen molar-refractivity contribution in [2.45, 2.75) is 6.18 Å². The predicted molar refractivity (Wildman–Crippen MR) is 63.4 cm³/mol. The average Bonchev–Trinajstić information content (AvgIpc) is 2.26. The summed E-state index contributed by atoms with van der Waals surface area (Å²) in [5, 5.41) is 2.79. The number of carbonyl (C=O) groups is 1. The Morgan fingerprint density at radius 1 is 1.39 bits per heavy atom. The minimum Gasteiger partial charge on any atom is -0.366 e. The summed E-state index contributed by atoms with van der Waals surface area (Å²) in [5.74, 6) is -1.66. The van der Waals surface area contributed by atoms with Gasteiger partial charge in [0.25, 0.3) is 0 Å². The summed E-state index contributed by atoms with van der Waals surface area (Å²) in [6.07, 6.45) is -2.50. The lowest BCUT2D eigenvalue weighted by Crippen LogP contribution is -2.46. The Balaban J connectivity index is 0.00000144. The number of nitrogens with one attached hydrogen (secondary N) is 1. The summed E-state index contributed by atoms with van der Waals surface area (Å²) >= 11 is 0. The Bertz CT molecular complexity index is 429. The topological polar surface area (TPSA) is 58.1 Å². The molecule has 1 aromatic rings. The molecule has 1 aliphatic rings. The van der Waals surface area contributed by atoms with Gasteiger partial charge in [0.15, 0.2) is 5.82 Å². The zero-order valence-corrected chi connectivity index (χ0v) is 10.4. The van der Waals surface area contributed by atoms with Crippen LogP contribution in [0.25, 0.3) is 0 Å². The number of amides is 1. The average molecular weight is 305 g/mol. The van der Waals surface area contributed by atoms with E-state index in [-0.39, 0.29) is 49.4 Å². The molecular formula is C8H9Cl2F3N4O. The third kappa shape index (κ3) is 3.14. The number of carbonyl (C=O) groups excluding carboxylic acids is 1. The Morgan fingerprint density at radius 2 is 2.06 bits per heavy atom. The van der Waals surface area contributed by atoms with Gasteiger partial charge in [0, 0.05) is 13.1 Å². The summed E-state index contributed by atoms with van der Waals surface area (Å²) in [7, 11) is 0. The van der Waals surface area contributed by atoms with Gasteiger partial charge in [-0.05, 0) is 0 Å². The molecule has 0 unspecified atom stereocenters.